The summed E-state index contributed by atoms with van der Waals surface area (Å²) in [4.78, 5) is 0.151. The number of aromatic amines is 1. The third-order valence-electron chi connectivity index (χ3n) is 4.78. The van der Waals surface area contributed by atoms with E-state index in [1.54, 1.807) is 12.1 Å². The van der Waals surface area contributed by atoms with Gasteiger partial charge in [0, 0.05) is 24.2 Å². The second-order valence-corrected chi connectivity index (χ2v) is 9.01. The first-order valence-corrected chi connectivity index (χ1v) is 10.5. The van der Waals surface area contributed by atoms with Gasteiger partial charge in [0.15, 0.2) is 5.82 Å². The van der Waals surface area contributed by atoms with Gasteiger partial charge in [-0.15, -0.1) is 0 Å². The zero-order chi connectivity index (χ0) is 19.9. The van der Waals surface area contributed by atoms with Crippen LogP contribution in [0, 0.1) is 5.82 Å². The van der Waals surface area contributed by atoms with Crippen LogP contribution in [0.4, 0.5) is 15.9 Å². The molecule has 10 heteroatoms. The first-order valence-electron chi connectivity index (χ1n) is 8.73. The lowest BCUT2D eigenvalue weighted by Gasteiger charge is -2.28. The Balaban J connectivity index is 1.67. The minimum Gasteiger partial charge on any atom is -0.393 e. The molecule has 28 heavy (non-hydrogen) atoms. The highest BCUT2D eigenvalue weighted by Crippen LogP contribution is 2.29. The fourth-order valence-electron chi connectivity index (χ4n) is 3.19. The molecule has 0 atom stereocenters. The molecular weight excluding hydrogens is 407 g/mol. The van der Waals surface area contributed by atoms with Crippen LogP contribution in [-0.4, -0.2) is 47.2 Å². The quantitative estimate of drug-likeness (QED) is 0.597. The number of H-pyrrole nitrogens is 1. The maximum Gasteiger partial charge on any atom is 0.243 e. The fraction of sp³-hybridized carbons (Fsp3) is 0.278. The first kappa shape index (κ1) is 19.1. The van der Waals surface area contributed by atoms with Gasteiger partial charge < -0.3 is 10.4 Å². The van der Waals surface area contributed by atoms with E-state index in [1.165, 1.54) is 28.6 Å². The van der Waals surface area contributed by atoms with Gasteiger partial charge in [-0.05, 0) is 49.2 Å². The highest BCUT2D eigenvalue weighted by molar-refractivity contribution is 7.89. The van der Waals surface area contributed by atoms with Gasteiger partial charge in [-0.25, -0.2) is 12.8 Å². The minimum absolute atomic E-state index is 0.0274. The number of sulfonamides is 1. The van der Waals surface area contributed by atoms with E-state index in [1.807, 2.05) is 0 Å². The van der Waals surface area contributed by atoms with Crippen molar-refractivity contribution in [3.8, 4) is 0 Å². The van der Waals surface area contributed by atoms with Gasteiger partial charge in [-0.2, -0.15) is 9.40 Å². The summed E-state index contributed by atoms with van der Waals surface area (Å²) < 4.78 is 40.6. The van der Waals surface area contributed by atoms with Crippen LogP contribution in [0.15, 0.2) is 41.3 Å². The van der Waals surface area contributed by atoms with Gasteiger partial charge in [0.05, 0.1) is 21.5 Å². The van der Waals surface area contributed by atoms with E-state index in [2.05, 4.69) is 15.5 Å². The number of aliphatic hydroxyl groups excluding tert-OH is 1. The molecule has 1 saturated heterocycles. The second kappa shape index (κ2) is 7.32. The molecule has 2 aromatic carbocycles. The minimum atomic E-state index is -3.67. The van der Waals surface area contributed by atoms with Crippen LogP contribution in [0.5, 0.6) is 0 Å². The summed E-state index contributed by atoms with van der Waals surface area (Å²) in [6.45, 7) is 0.568. The van der Waals surface area contributed by atoms with Crippen LogP contribution in [0.25, 0.3) is 10.9 Å². The average molecular weight is 425 g/mol. The molecule has 0 aliphatic carbocycles. The third-order valence-corrected chi connectivity index (χ3v) is 6.96. The van der Waals surface area contributed by atoms with Crippen molar-refractivity contribution in [3.63, 3.8) is 0 Å². The summed E-state index contributed by atoms with van der Waals surface area (Å²) in [6, 6.07) is 8.90. The number of anilines is 2. The molecule has 7 nitrogen and oxygen atoms in total. The number of piperidine rings is 1. The second-order valence-electron chi connectivity index (χ2n) is 6.67. The third kappa shape index (κ3) is 3.58. The van der Waals surface area contributed by atoms with Crippen molar-refractivity contribution in [1.82, 2.24) is 14.5 Å². The van der Waals surface area contributed by atoms with E-state index < -0.39 is 21.9 Å². The number of aliphatic hydroxyl groups is 1. The van der Waals surface area contributed by atoms with Gasteiger partial charge in [0.25, 0.3) is 0 Å². The molecule has 0 spiro atoms. The topological polar surface area (TPSA) is 98.3 Å². The predicted octanol–water partition coefficient (Wildman–Crippen LogP) is 3.24. The zero-order valence-corrected chi connectivity index (χ0v) is 16.3. The van der Waals surface area contributed by atoms with E-state index in [-0.39, 0.29) is 23.0 Å². The predicted molar refractivity (Wildman–Crippen MR) is 105 cm³/mol. The number of aromatic nitrogens is 2. The molecule has 148 valence electrons. The molecule has 3 N–H and O–H groups in total. The molecular formula is C18H18ClFN4O3S. The van der Waals surface area contributed by atoms with Gasteiger partial charge in [-0.3, -0.25) is 5.10 Å². The van der Waals surface area contributed by atoms with E-state index >= 15 is 0 Å². The molecule has 0 saturated carbocycles. The van der Waals surface area contributed by atoms with Gasteiger partial charge >= 0.3 is 0 Å². The fourth-order valence-corrected chi connectivity index (χ4v) is 4.87. The maximum absolute atomic E-state index is 13.3. The van der Waals surface area contributed by atoms with Gasteiger partial charge in [-0.1, -0.05) is 11.6 Å². The number of benzene rings is 2. The molecule has 1 aromatic heterocycles. The average Bonchev–Trinajstić information content (AvgIpc) is 3.07. The summed E-state index contributed by atoms with van der Waals surface area (Å²) in [5.74, 6) is -0.122. The van der Waals surface area contributed by atoms with E-state index in [9.17, 15) is 17.9 Å². The molecule has 4 rings (SSSR count). The van der Waals surface area contributed by atoms with Crippen molar-refractivity contribution in [2.45, 2.75) is 23.8 Å². The Morgan fingerprint density at radius 1 is 1.21 bits per heavy atom. The number of nitrogens with one attached hydrogen (secondary N) is 2. The van der Waals surface area contributed by atoms with Crippen molar-refractivity contribution >= 4 is 44.0 Å². The van der Waals surface area contributed by atoms with Crippen molar-refractivity contribution in [1.29, 1.82) is 0 Å². The summed E-state index contributed by atoms with van der Waals surface area (Å²) in [6.07, 6.45) is 0.387. The van der Waals surface area contributed by atoms with Crippen molar-refractivity contribution in [3.05, 3.63) is 47.2 Å². The van der Waals surface area contributed by atoms with E-state index in [0.717, 1.165) is 0 Å². The van der Waals surface area contributed by atoms with E-state index in [0.29, 0.717) is 35.2 Å². The smallest absolute Gasteiger partial charge is 0.243 e. The van der Waals surface area contributed by atoms with Crippen LogP contribution >= 0.6 is 11.6 Å². The number of nitrogens with zero attached hydrogens (tertiary/aromatic N) is 2. The summed E-state index contributed by atoms with van der Waals surface area (Å²) >= 11 is 5.81. The molecule has 0 amide bonds. The molecule has 3 aromatic rings. The summed E-state index contributed by atoms with van der Waals surface area (Å²) in [5, 5.41) is 20.2. The molecule has 0 unspecified atom stereocenters. The van der Waals surface area contributed by atoms with Crippen molar-refractivity contribution < 1.29 is 17.9 Å². The Morgan fingerprint density at radius 2 is 1.96 bits per heavy atom. The van der Waals surface area contributed by atoms with Crippen LogP contribution in [0.2, 0.25) is 5.02 Å². The molecule has 0 bridgehead atoms. The summed E-state index contributed by atoms with van der Waals surface area (Å²) in [5.41, 5.74) is 1.18. The van der Waals surface area contributed by atoms with Crippen LogP contribution in [-0.2, 0) is 10.0 Å². The number of hydrogen-bond donors (Lipinski definition) is 3. The molecule has 2 heterocycles. The Morgan fingerprint density at radius 3 is 2.68 bits per heavy atom. The number of hydrogen-bond acceptors (Lipinski definition) is 5. The summed E-state index contributed by atoms with van der Waals surface area (Å²) in [7, 11) is -3.67. The lowest BCUT2D eigenvalue weighted by atomic mass is 10.1. The number of halogens is 2. The number of fused-ring (bicyclic) bond motifs is 1. The molecule has 1 aliphatic heterocycles. The van der Waals surface area contributed by atoms with Gasteiger partial charge in [0.2, 0.25) is 10.0 Å². The standard InChI is InChI=1S/C18H18ClFN4O3S/c19-15-9-11(1-3-16(15)20)21-18-14-10-13(2-4-17(14)22-23-18)28(26,27)24-7-5-12(25)6-8-24/h1-4,9-10,12,25H,5-8H2,(H2,21,22,23). The van der Waals surface area contributed by atoms with Crippen LogP contribution in [0.3, 0.4) is 0 Å². The zero-order valence-electron chi connectivity index (χ0n) is 14.7. The molecule has 1 fully saturated rings. The van der Waals surface area contributed by atoms with Crippen molar-refractivity contribution in [2.75, 3.05) is 18.4 Å². The Bertz CT molecular complexity index is 1130. The molecule has 1 aliphatic rings. The Labute approximate surface area is 166 Å². The largest absolute Gasteiger partial charge is 0.393 e. The van der Waals surface area contributed by atoms with E-state index in [4.69, 9.17) is 11.6 Å². The first-order chi connectivity index (χ1) is 13.3. The van der Waals surface area contributed by atoms with Crippen molar-refractivity contribution in [2.24, 2.45) is 0 Å². The maximum atomic E-state index is 13.3. The van der Waals surface area contributed by atoms with Crippen LogP contribution < -0.4 is 5.32 Å². The SMILES string of the molecule is O=S(=O)(c1ccc2[nH]nc(Nc3ccc(F)c(Cl)c3)c2c1)N1CCC(O)CC1. The normalized spacial score (nSPS) is 16.5. The Kier molecular flexibility index (Phi) is 5.00. The Hall–Kier alpha value is -2.20. The monoisotopic (exact) mass is 424 g/mol. The lowest BCUT2D eigenvalue weighted by Crippen LogP contribution is -2.39. The lowest BCUT2D eigenvalue weighted by molar-refractivity contribution is 0.113. The van der Waals surface area contributed by atoms with Gasteiger partial charge in [0.1, 0.15) is 5.82 Å². The number of rotatable bonds is 4. The van der Waals surface area contributed by atoms with Crippen LogP contribution in [0.1, 0.15) is 12.8 Å². The highest BCUT2D eigenvalue weighted by Gasteiger charge is 2.29. The molecule has 0 radical (unpaired) electrons. The highest BCUT2D eigenvalue weighted by atomic mass is 35.5.